The normalized spacial score (nSPS) is 11.8. The molecule has 1 aromatic heterocycles. The van der Waals surface area contributed by atoms with Gasteiger partial charge in [0.1, 0.15) is 5.03 Å². The number of nitrogens with zero attached hydrogens (tertiary/aromatic N) is 1. The summed E-state index contributed by atoms with van der Waals surface area (Å²) in [6, 6.07) is 4.07. The number of hydrogen-bond donors (Lipinski definition) is 2. The number of aliphatic hydroxyl groups is 1. The molecular formula is C13H22N2OS. The van der Waals surface area contributed by atoms with Gasteiger partial charge in [-0.25, -0.2) is 4.98 Å². The molecule has 1 heterocycles. The maximum atomic E-state index is 8.78. The number of rotatable bonds is 6. The van der Waals surface area contributed by atoms with Crippen molar-refractivity contribution in [2.45, 2.75) is 44.3 Å². The van der Waals surface area contributed by atoms with Crippen LogP contribution in [0.4, 0.5) is 0 Å². The zero-order valence-corrected chi connectivity index (χ0v) is 11.7. The molecule has 4 heteroatoms. The molecule has 0 atom stereocenters. The van der Waals surface area contributed by atoms with Crippen molar-refractivity contribution in [1.29, 1.82) is 0 Å². The molecule has 0 aliphatic rings. The fourth-order valence-electron chi connectivity index (χ4n) is 1.28. The van der Waals surface area contributed by atoms with Gasteiger partial charge < -0.3 is 10.4 Å². The van der Waals surface area contributed by atoms with Crippen LogP contribution in [0.2, 0.25) is 0 Å². The van der Waals surface area contributed by atoms with Gasteiger partial charge >= 0.3 is 0 Å². The molecule has 1 aromatic rings. The van der Waals surface area contributed by atoms with Crippen LogP contribution in [0.3, 0.4) is 0 Å². The van der Waals surface area contributed by atoms with Gasteiger partial charge in [0.2, 0.25) is 0 Å². The summed E-state index contributed by atoms with van der Waals surface area (Å²) < 4.78 is 0. The van der Waals surface area contributed by atoms with Gasteiger partial charge in [-0.2, -0.15) is 0 Å². The van der Waals surface area contributed by atoms with Crippen molar-refractivity contribution >= 4 is 11.8 Å². The summed E-state index contributed by atoms with van der Waals surface area (Å²) >= 11 is 1.71. The molecule has 0 saturated heterocycles. The average molecular weight is 254 g/mol. The standard InChI is InChI=1S/C13H22N2OS/c1-13(2,3)15-10-11-6-4-7-14-12(11)17-9-5-8-16/h4,6-7,15-16H,5,8-10H2,1-3H3. The number of nitrogens with one attached hydrogen (secondary N) is 1. The van der Waals surface area contributed by atoms with Crippen molar-refractivity contribution in [1.82, 2.24) is 10.3 Å². The number of aromatic nitrogens is 1. The highest BCUT2D eigenvalue weighted by Crippen LogP contribution is 2.21. The first kappa shape index (κ1) is 14.5. The number of thioether (sulfide) groups is 1. The van der Waals surface area contributed by atoms with Crippen LogP contribution < -0.4 is 5.32 Å². The summed E-state index contributed by atoms with van der Waals surface area (Å²) in [6.07, 6.45) is 2.63. The van der Waals surface area contributed by atoms with E-state index in [0.29, 0.717) is 0 Å². The van der Waals surface area contributed by atoms with Gasteiger partial charge in [-0.1, -0.05) is 6.07 Å². The van der Waals surface area contributed by atoms with E-state index in [1.54, 1.807) is 11.8 Å². The van der Waals surface area contributed by atoms with Crippen molar-refractivity contribution in [3.05, 3.63) is 23.9 Å². The van der Waals surface area contributed by atoms with E-state index in [4.69, 9.17) is 5.11 Å². The molecule has 0 aliphatic carbocycles. The maximum absolute atomic E-state index is 8.78. The molecule has 0 bridgehead atoms. The van der Waals surface area contributed by atoms with E-state index < -0.39 is 0 Å². The fraction of sp³-hybridized carbons (Fsp3) is 0.615. The molecule has 96 valence electrons. The van der Waals surface area contributed by atoms with Gasteiger partial charge in [-0.3, -0.25) is 0 Å². The second kappa shape index (κ2) is 6.99. The van der Waals surface area contributed by atoms with E-state index in [1.165, 1.54) is 5.56 Å². The summed E-state index contributed by atoms with van der Waals surface area (Å²) in [6.45, 7) is 7.54. The van der Waals surface area contributed by atoms with Gasteiger partial charge in [0.15, 0.2) is 0 Å². The Balaban J connectivity index is 2.58. The molecule has 17 heavy (non-hydrogen) atoms. The van der Waals surface area contributed by atoms with Crippen LogP contribution in [-0.2, 0) is 6.54 Å². The second-order valence-corrected chi connectivity index (χ2v) is 6.08. The highest BCUT2D eigenvalue weighted by Gasteiger charge is 2.10. The molecule has 0 fully saturated rings. The number of pyridine rings is 1. The van der Waals surface area contributed by atoms with Crippen LogP contribution in [0, 0.1) is 0 Å². The molecule has 0 radical (unpaired) electrons. The summed E-state index contributed by atoms with van der Waals surface area (Å²) in [5.41, 5.74) is 1.34. The molecular weight excluding hydrogens is 232 g/mol. The van der Waals surface area contributed by atoms with Gasteiger partial charge in [0.25, 0.3) is 0 Å². The topological polar surface area (TPSA) is 45.2 Å². The molecule has 0 unspecified atom stereocenters. The van der Waals surface area contributed by atoms with E-state index in [-0.39, 0.29) is 12.1 Å². The Morgan fingerprint density at radius 3 is 2.82 bits per heavy atom. The highest BCUT2D eigenvalue weighted by molar-refractivity contribution is 7.99. The Morgan fingerprint density at radius 2 is 2.18 bits per heavy atom. The Morgan fingerprint density at radius 1 is 1.41 bits per heavy atom. The minimum atomic E-state index is 0.114. The minimum absolute atomic E-state index is 0.114. The van der Waals surface area contributed by atoms with Gasteiger partial charge in [-0.15, -0.1) is 11.8 Å². The minimum Gasteiger partial charge on any atom is -0.396 e. The Kier molecular flexibility index (Phi) is 5.95. The lowest BCUT2D eigenvalue weighted by molar-refractivity contribution is 0.296. The molecule has 1 rings (SSSR count). The van der Waals surface area contributed by atoms with Gasteiger partial charge in [-0.05, 0) is 38.8 Å². The van der Waals surface area contributed by atoms with Crippen molar-refractivity contribution in [2.24, 2.45) is 0 Å². The molecule has 0 saturated carbocycles. The molecule has 2 N–H and O–H groups in total. The van der Waals surface area contributed by atoms with Crippen LogP contribution in [0.1, 0.15) is 32.8 Å². The summed E-state index contributed by atoms with van der Waals surface area (Å²) in [4.78, 5) is 4.39. The number of hydrogen-bond acceptors (Lipinski definition) is 4. The van der Waals surface area contributed by atoms with E-state index in [2.05, 4.69) is 37.1 Å². The lowest BCUT2D eigenvalue weighted by atomic mass is 10.1. The quantitative estimate of drug-likeness (QED) is 0.604. The predicted molar refractivity (Wildman–Crippen MR) is 73.3 cm³/mol. The molecule has 3 nitrogen and oxygen atoms in total. The van der Waals surface area contributed by atoms with Crippen molar-refractivity contribution in [3.63, 3.8) is 0 Å². The van der Waals surface area contributed by atoms with Gasteiger partial charge in [0.05, 0.1) is 0 Å². The highest BCUT2D eigenvalue weighted by atomic mass is 32.2. The van der Waals surface area contributed by atoms with Crippen LogP contribution in [0.15, 0.2) is 23.4 Å². The van der Waals surface area contributed by atoms with Gasteiger partial charge in [0, 0.05) is 30.6 Å². The monoisotopic (exact) mass is 254 g/mol. The van der Waals surface area contributed by atoms with Crippen molar-refractivity contribution in [2.75, 3.05) is 12.4 Å². The average Bonchev–Trinajstić information content (AvgIpc) is 2.27. The van der Waals surface area contributed by atoms with Crippen LogP contribution in [0.5, 0.6) is 0 Å². The zero-order valence-electron chi connectivity index (χ0n) is 10.9. The van der Waals surface area contributed by atoms with E-state index in [9.17, 15) is 0 Å². The summed E-state index contributed by atoms with van der Waals surface area (Å²) in [5, 5.41) is 13.3. The third-order valence-corrected chi connectivity index (χ3v) is 3.33. The Hall–Kier alpha value is -0.580. The molecule has 0 aromatic carbocycles. The first-order chi connectivity index (χ1) is 8.03. The third kappa shape index (κ3) is 6.05. The van der Waals surface area contributed by atoms with Crippen LogP contribution in [0.25, 0.3) is 0 Å². The second-order valence-electron chi connectivity index (χ2n) is 5.00. The fourth-order valence-corrected chi connectivity index (χ4v) is 2.21. The smallest absolute Gasteiger partial charge is 0.100 e. The Labute approximate surface area is 108 Å². The first-order valence-electron chi connectivity index (χ1n) is 5.95. The van der Waals surface area contributed by atoms with Crippen LogP contribution in [-0.4, -0.2) is 28.0 Å². The molecule has 0 aliphatic heterocycles. The van der Waals surface area contributed by atoms with E-state index >= 15 is 0 Å². The lowest BCUT2D eigenvalue weighted by Crippen LogP contribution is -2.35. The summed E-state index contributed by atoms with van der Waals surface area (Å²) in [5.74, 6) is 0.913. The van der Waals surface area contributed by atoms with E-state index in [0.717, 1.165) is 23.7 Å². The lowest BCUT2D eigenvalue weighted by Gasteiger charge is -2.21. The number of aliphatic hydroxyl groups excluding tert-OH is 1. The first-order valence-corrected chi connectivity index (χ1v) is 6.94. The molecule has 0 amide bonds. The Bertz CT molecular complexity index is 336. The van der Waals surface area contributed by atoms with Crippen molar-refractivity contribution in [3.8, 4) is 0 Å². The van der Waals surface area contributed by atoms with Crippen LogP contribution >= 0.6 is 11.8 Å². The van der Waals surface area contributed by atoms with E-state index in [1.807, 2.05) is 12.3 Å². The largest absolute Gasteiger partial charge is 0.396 e. The predicted octanol–water partition coefficient (Wildman–Crippen LogP) is 2.44. The zero-order chi connectivity index (χ0) is 12.7. The van der Waals surface area contributed by atoms with Crippen molar-refractivity contribution < 1.29 is 5.11 Å². The maximum Gasteiger partial charge on any atom is 0.100 e. The SMILES string of the molecule is CC(C)(C)NCc1cccnc1SCCCO. The molecule has 0 spiro atoms. The summed E-state index contributed by atoms with van der Waals surface area (Å²) in [7, 11) is 0. The third-order valence-electron chi connectivity index (χ3n) is 2.20.